The zero-order chi connectivity index (χ0) is 29.7. The van der Waals surface area contributed by atoms with Crippen LogP contribution in [0.2, 0.25) is 0 Å². The molecule has 1 aromatic carbocycles. The Morgan fingerprint density at radius 2 is 1.60 bits per heavy atom. The van der Waals surface area contributed by atoms with E-state index >= 15 is 0 Å². The van der Waals surface area contributed by atoms with Crippen LogP contribution in [0.5, 0.6) is 0 Å². The Morgan fingerprint density at radius 1 is 0.975 bits per heavy atom. The first kappa shape index (κ1) is 30.7. The molecule has 0 radical (unpaired) electrons. The van der Waals surface area contributed by atoms with Crippen LogP contribution in [0.15, 0.2) is 40.9 Å². The molecule has 0 saturated carbocycles. The SMILES string of the molecule is Cc1noc(C[C@@H]2C[C@H]3CN(Cc4ccc5ccccc5n4)C[C@H]3O2)n1.O=C(O)C(F)(F)F.O=C(O)C(F)(F)F. The molecule has 0 aliphatic carbocycles. The molecule has 3 aromatic rings. The van der Waals surface area contributed by atoms with Crippen LogP contribution in [0.25, 0.3) is 10.9 Å². The number of likely N-dealkylation sites (tertiary alicyclic amines) is 1. The van der Waals surface area contributed by atoms with Crippen molar-refractivity contribution in [3.63, 3.8) is 0 Å². The molecule has 0 amide bonds. The van der Waals surface area contributed by atoms with Crippen LogP contribution >= 0.6 is 0 Å². The van der Waals surface area contributed by atoms with Crippen molar-refractivity contribution < 1.29 is 55.4 Å². The smallest absolute Gasteiger partial charge is 0.475 e. The molecule has 0 spiro atoms. The highest BCUT2D eigenvalue weighted by atomic mass is 19.4. The number of nitrogens with zero attached hydrogens (tertiary/aromatic N) is 4. The van der Waals surface area contributed by atoms with Gasteiger partial charge in [0.2, 0.25) is 5.89 Å². The molecule has 3 atom stereocenters. The van der Waals surface area contributed by atoms with Crippen LogP contribution in [0, 0.1) is 12.8 Å². The lowest BCUT2D eigenvalue weighted by Gasteiger charge is -2.18. The molecule has 0 bridgehead atoms. The molecule has 10 nitrogen and oxygen atoms in total. The van der Waals surface area contributed by atoms with Crippen molar-refractivity contribution in [1.29, 1.82) is 0 Å². The zero-order valence-electron chi connectivity index (χ0n) is 20.8. The van der Waals surface area contributed by atoms with E-state index in [2.05, 4.69) is 45.4 Å². The number of halogens is 6. The van der Waals surface area contributed by atoms with Crippen LogP contribution in [0.4, 0.5) is 26.3 Å². The monoisotopic (exact) mass is 578 g/mol. The van der Waals surface area contributed by atoms with Crippen LogP contribution in [-0.2, 0) is 27.3 Å². The number of hydrogen-bond acceptors (Lipinski definition) is 8. The molecule has 40 heavy (non-hydrogen) atoms. The van der Waals surface area contributed by atoms with Gasteiger partial charge in [-0.1, -0.05) is 29.4 Å². The second kappa shape index (κ2) is 12.6. The van der Waals surface area contributed by atoms with Gasteiger partial charge in [0.1, 0.15) is 0 Å². The van der Waals surface area contributed by atoms with Gasteiger partial charge in [0, 0.05) is 30.9 Å². The van der Waals surface area contributed by atoms with Gasteiger partial charge < -0.3 is 19.5 Å². The normalized spacial score (nSPS) is 20.7. The molecule has 0 unspecified atom stereocenters. The Morgan fingerprint density at radius 3 is 2.15 bits per heavy atom. The van der Waals surface area contributed by atoms with Gasteiger partial charge in [-0.15, -0.1) is 0 Å². The van der Waals surface area contributed by atoms with Gasteiger partial charge in [-0.05, 0) is 25.5 Å². The number of ether oxygens (including phenoxy) is 1. The zero-order valence-corrected chi connectivity index (χ0v) is 20.8. The Labute approximate surface area is 222 Å². The molecule has 4 heterocycles. The van der Waals surface area contributed by atoms with Gasteiger partial charge in [0.15, 0.2) is 5.82 Å². The fraction of sp³-hybridized carbons (Fsp3) is 0.458. The summed E-state index contributed by atoms with van der Waals surface area (Å²) in [4.78, 5) is 29.3. The molecule has 2 saturated heterocycles. The summed E-state index contributed by atoms with van der Waals surface area (Å²) in [6.45, 7) is 4.77. The summed E-state index contributed by atoms with van der Waals surface area (Å²) in [7, 11) is 0. The van der Waals surface area contributed by atoms with Crippen molar-refractivity contribution in [2.75, 3.05) is 13.1 Å². The summed E-state index contributed by atoms with van der Waals surface area (Å²) in [5, 5.41) is 19.3. The fourth-order valence-corrected chi connectivity index (χ4v) is 4.25. The summed E-state index contributed by atoms with van der Waals surface area (Å²) in [6, 6.07) is 12.6. The number of para-hydroxylation sites is 1. The second-order valence-corrected chi connectivity index (χ2v) is 9.03. The third kappa shape index (κ3) is 8.87. The predicted molar refractivity (Wildman–Crippen MR) is 124 cm³/mol. The molecule has 2 aromatic heterocycles. The summed E-state index contributed by atoms with van der Waals surface area (Å²) in [5.74, 6) is -3.55. The standard InChI is InChI=1S/C20H22N4O2.2C2HF3O2/c1-13-21-20(26-23-13)9-17-8-15-10-24(12-19(15)25-17)11-16-7-6-14-4-2-3-5-18(14)22-16;2*3-2(4,5)1(6)7/h2-7,15,17,19H,8-12H2,1H3;2*(H,6,7)/t15-,17-,19+;;/m0../s1. The number of hydrogen-bond donors (Lipinski definition) is 2. The number of aliphatic carboxylic acids is 2. The Balaban J connectivity index is 0.000000263. The number of aryl methyl sites for hydroxylation is 1. The molecule has 2 aliphatic heterocycles. The molecular weight excluding hydrogens is 554 g/mol. The van der Waals surface area contributed by atoms with E-state index in [1.807, 2.05) is 13.0 Å². The van der Waals surface area contributed by atoms with E-state index < -0.39 is 24.3 Å². The predicted octanol–water partition coefficient (Wildman–Crippen LogP) is 4.02. The van der Waals surface area contributed by atoms with Crippen molar-refractivity contribution in [3.8, 4) is 0 Å². The summed E-state index contributed by atoms with van der Waals surface area (Å²) < 4.78 is 74.9. The Kier molecular flexibility index (Phi) is 9.68. The summed E-state index contributed by atoms with van der Waals surface area (Å²) >= 11 is 0. The number of carbonyl (C=O) groups is 2. The van der Waals surface area contributed by atoms with E-state index in [-0.39, 0.29) is 6.10 Å². The first-order chi connectivity index (χ1) is 18.6. The third-order valence-corrected chi connectivity index (χ3v) is 5.89. The van der Waals surface area contributed by atoms with Crippen LogP contribution in [0.3, 0.4) is 0 Å². The minimum absolute atomic E-state index is 0.200. The van der Waals surface area contributed by atoms with Crippen molar-refractivity contribution in [2.45, 2.75) is 50.9 Å². The number of aromatic nitrogens is 3. The number of pyridine rings is 1. The molecule has 218 valence electrons. The van der Waals surface area contributed by atoms with Crippen molar-refractivity contribution in [1.82, 2.24) is 20.0 Å². The van der Waals surface area contributed by atoms with Gasteiger partial charge >= 0.3 is 24.3 Å². The maximum Gasteiger partial charge on any atom is 0.490 e. The van der Waals surface area contributed by atoms with Gasteiger partial charge in [0.25, 0.3) is 0 Å². The van der Waals surface area contributed by atoms with Crippen molar-refractivity contribution >= 4 is 22.8 Å². The second-order valence-electron chi connectivity index (χ2n) is 9.03. The minimum atomic E-state index is -5.08. The van der Waals surface area contributed by atoms with Crippen LogP contribution in [0.1, 0.15) is 23.8 Å². The van der Waals surface area contributed by atoms with Crippen molar-refractivity contribution in [2.24, 2.45) is 5.92 Å². The first-order valence-corrected chi connectivity index (χ1v) is 11.7. The quantitative estimate of drug-likeness (QED) is 0.437. The molecule has 2 N–H and O–H groups in total. The number of rotatable bonds is 4. The lowest BCUT2D eigenvalue weighted by atomic mass is 10.0. The number of carboxylic acids is 2. The Hall–Kier alpha value is -3.79. The highest BCUT2D eigenvalue weighted by Gasteiger charge is 2.42. The highest BCUT2D eigenvalue weighted by molar-refractivity contribution is 5.78. The van der Waals surface area contributed by atoms with Gasteiger partial charge in [-0.25, -0.2) is 9.59 Å². The summed E-state index contributed by atoms with van der Waals surface area (Å²) in [6.07, 6.45) is -7.87. The fourth-order valence-electron chi connectivity index (χ4n) is 4.25. The number of carboxylic acid groups (broad SMARTS) is 2. The molecular formula is C24H24F6N4O6. The van der Waals surface area contributed by atoms with Gasteiger partial charge in [-0.3, -0.25) is 9.88 Å². The largest absolute Gasteiger partial charge is 0.490 e. The van der Waals surface area contributed by atoms with E-state index in [0.29, 0.717) is 23.7 Å². The molecule has 16 heteroatoms. The van der Waals surface area contributed by atoms with Gasteiger partial charge in [0.05, 0.1) is 29.8 Å². The van der Waals surface area contributed by atoms with E-state index in [4.69, 9.17) is 34.0 Å². The third-order valence-electron chi connectivity index (χ3n) is 5.89. The first-order valence-electron chi connectivity index (χ1n) is 11.7. The maximum absolute atomic E-state index is 10.6. The lowest BCUT2D eigenvalue weighted by molar-refractivity contribution is -0.193. The van der Waals surface area contributed by atoms with E-state index in [0.717, 1.165) is 43.7 Å². The lowest BCUT2D eigenvalue weighted by Crippen LogP contribution is -2.25. The molecule has 2 fully saturated rings. The van der Waals surface area contributed by atoms with E-state index in [9.17, 15) is 26.3 Å². The van der Waals surface area contributed by atoms with Crippen molar-refractivity contribution in [3.05, 3.63) is 53.8 Å². The summed E-state index contributed by atoms with van der Waals surface area (Å²) in [5.41, 5.74) is 2.19. The topological polar surface area (TPSA) is 139 Å². The Bertz CT molecular complexity index is 1280. The average Bonchev–Trinajstić information content (AvgIpc) is 3.53. The maximum atomic E-state index is 10.6. The number of fused-ring (bicyclic) bond motifs is 2. The minimum Gasteiger partial charge on any atom is -0.475 e. The molecule has 2 aliphatic rings. The average molecular weight is 578 g/mol. The highest BCUT2D eigenvalue weighted by Crippen LogP contribution is 2.34. The molecule has 5 rings (SSSR count). The number of benzene rings is 1. The van der Waals surface area contributed by atoms with Gasteiger partial charge in [-0.2, -0.15) is 31.3 Å². The van der Waals surface area contributed by atoms with Crippen LogP contribution < -0.4 is 0 Å². The van der Waals surface area contributed by atoms with Crippen LogP contribution in [-0.4, -0.2) is 79.8 Å². The van der Waals surface area contributed by atoms with E-state index in [1.165, 1.54) is 5.39 Å². The van der Waals surface area contributed by atoms with E-state index in [1.54, 1.807) is 0 Å². The number of alkyl halides is 6.